The summed E-state index contributed by atoms with van der Waals surface area (Å²) >= 11 is 0. The van der Waals surface area contributed by atoms with Gasteiger partial charge in [0.05, 0.1) is 11.5 Å². The third kappa shape index (κ3) is 5.32. The van der Waals surface area contributed by atoms with Gasteiger partial charge in [-0.05, 0) is 61.2 Å². The van der Waals surface area contributed by atoms with Gasteiger partial charge in [-0.3, -0.25) is 4.79 Å². The summed E-state index contributed by atoms with van der Waals surface area (Å²) in [7, 11) is -3.16. The Hall–Kier alpha value is -2.41. The molecule has 1 amide bonds. The van der Waals surface area contributed by atoms with Gasteiger partial charge in [-0.2, -0.15) is 0 Å². The highest BCUT2D eigenvalue weighted by Gasteiger charge is 2.34. The first-order chi connectivity index (χ1) is 13.2. The fourth-order valence-electron chi connectivity index (χ4n) is 3.52. The molecule has 1 fully saturated rings. The molecule has 28 heavy (non-hydrogen) atoms. The number of halogens is 1. The highest BCUT2D eigenvalue weighted by molar-refractivity contribution is 7.91. The smallest absolute Gasteiger partial charge is 0.261 e. The SMILES string of the molecule is Cc1cc(C)cc(OCC(=O)N(Cc2cccc(F)c2)[C@H]2CCS(=O)(=O)C2)c1. The Labute approximate surface area is 165 Å². The number of ether oxygens (including phenoxy) is 1. The van der Waals surface area contributed by atoms with E-state index in [1.54, 1.807) is 12.1 Å². The fraction of sp³-hybridized carbons (Fsp3) is 0.381. The van der Waals surface area contributed by atoms with Gasteiger partial charge in [0.15, 0.2) is 16.4 Å². The van der Waals surface area contributed by atoms with Crippen LogP contribution in [-0.4, -0.2) is 43.4 Å². The number of amides is 1. The first-order valence-electron chi connectivity index (χ1n) is 9.17. The molecule has 0 saturated carbocycles. The van der Waals surface area contributed by atoms with E-state index >= 15 is 0 Å². The van der Waals surface area contributed by atoms with Gasteiger partial charge < -0.3 is 9.64 Å². The first kappa shape index (κ1) is 20.3. The second kappa shape index (κ2) is 8.31. The Morgan fingerprint density at radius 3 is 2.50 bits per heavy atom. The second-order valence-electron chi connectivity index (χ2n) is 7.32. The van der Waals surface area contributed by atoms with Crippen LogP contribution in [0.1, 0.15) is 23.1 Å². The molecular formula is C21H24FNO4S. The highest BCUT2D eigenvalue weighted by Crippen LogP contribution is 2.22. The minimum Gasteiger partial charge on any atom is -0.484 e. The molecule has 0 aromatic heterocycles. The van der Waals surface area contributed by atoms with Gasteiger partial charge in [0, 0.05) is 12.6 Å². The topological polar surface area (TPSA) is 63.7 Å². The summed E-state index contributed by atoms with van der Waals surface area (Å²) in [6.45, 7) is 3.84. The van der Waals surface area contributed by atoms with Crippen molar-refractivity contribution in [1.29, 1.82) is 0 Å². The van der Waals surface area contributed by atoms with Crippen LogP contribution in [-0.2, 0) is 21.2 Å². The van der Waals surface area contributed by atoms with Gasteiger partial charge in [0.1, 0.15) is 11.6 Å². The molecule has 2 aromatic rings. The minimum absolute atomic E-state index is 0.0581. The van der Waals surface area contributed by atoms with E-state index in [0.29, 0.717) is 17.7 Å². The summed E-state index contributed by atoms with van der Waals surface area (Å²) in [6.07, 6.45) is 0.382. The fourth-order valence-corrected chi connectivity index (χ4v) is 5.25. The van der Waals surface area contributed by atoms with Crippen LogP contribution in [0.3, 0.4) is 0 Å². The van der Waals surface area contributed by atoms with Gasteiger partial charge in [0.25, 0.3) is 5.91 Å². The van der Waals surface area contributed by atoms with E-state index in [2.05, 4.69) is 0 Å². The number of benzene rings is 2. The van der Waals surface area contributed by atoms with Crippen molar-refractivity contribution in [2.45, 2.75) is 32.9 Å². The molecule has 2 aromatic carbocycles. The average Bonchev–Trinajstić information content (AvgIpc) is 2.96. The Balaban J connectivity index is 1.76. The zero-order valence-corrected chi connectivity index (χ0v) is 16.8. The molecule has 1 heterocycles. The summed E-state index contributed by atoms with van der Waals surface area (Å²) in [5.41, 5.74) is 2.67. The van der Waals surface area contributed by atoms with E-state index in [0.717, 1.165) is 11.1 Å². The Morgan fingerprint density at radius 1 is 1.18 bits per heavy atom. The summed E-state index contributed by atoms with van der Waals surface area (Å²) in [5, 5.41) is 0. The minimum atomic E-state index is -3.16. The third-order valence-electron chi connectivity index (χ3n) is 4.77. The summed E-state index contributed by atoms with van der Waals surface area (Å²) in [4.78, 5) is 14.4. The van der Waals surface area contributed by atoms with Crippen LogP contribution < -0.4 is 4.74 Å². The van der Waals surface area contributed by atoms with E-state index < -0.39 is 21.7 Å². The molecule has 0 unspecified atom stereocenters. The molecule has 0 spiro atoms. The van der Waals surface area contributed by atoms with Gasteiger partial charge in [-0.1, -0.05) is 18.2 Å². The summed E-state index contributed by atoms with van der Waals surface area (Å²) < 4.78 is 43.0. The lowest BCUT2D eigenvalue weighted by Crippen LogP contribution is -2.43. The van der Waals surface area contributed by atoms with Crippen LogP contribution in [0.25, 0.3) is 0 Å². The lowest BCUT2D eigenvalue weighted by Gasteiger charge is -2.28. The average molecular weight is 405 g/mol. The third-order valence-corrected chi connectivity index (χ3v) is 6.52. The first-order valence-corrected chi connectivity index (χ1v) is 11.0. The predicted octanol–water partition coefficient (Wildman–Crippen LogP) is 3.04. The molecular weight excluding hydrogens is 381 g/mol. The van der Waals surface area contributed by atoms with E-state index in [1.165, 1.54) is 17.0 Å². The van der Waals surface area contributed by atoms with E-state index in [9.17, 15) is 17.6 Å². The number of hydrogen-bond donors (Lipinski definition) is 0. The zero-order valence-electron chi connectivity index (χ0n) is 16.0. The maximum Gasteiger partial charge on any atom is 0.261 e. The van der Waals surface area contributed by atoms with Crippen molar-refractivity contribution < 1.29 is 22.3 Å². The van der Waals surface area contributed by atoms with E-state index in [4.69, 9.17) is 4.74 Å². The standard InChI is InChI=1S/C21H24FNO4S/c1-15-8-16(2)10-20(9-15)27-13-21(24)23(19-6-7-28(25,26)14-19)12-17-4-3-5-18(22)11-17/h3-5,8-11,19H,6-7,12-14H2,1-2H3/t19-/m0/s1. The van der Waals surface area contributed by atoms with Crippen molar-refractivity contribution in [3.8, 4) is 5.75 Å². The number of nitrogens with zero attached hydrogens (tertiary/aromatic N) is 1. The van der Waals surface area contributed by atoms with E-state index in [1.807, 2.05) is 32.0 Å². The molecule has 1 atom stereocenters. The maximum atomic E-state index is 13.5. The molecule has 0 N–H and O–H groups in total. The lowest BCUT2D eigenvalue weighted by atomic mass is 10.1. The summed E-state index contributed by atoms with van der Waals surface area (Å²) in [6, 6.07) is 11.3. The number of sulfone groups is 1. The maximum absolute atomic E-state index is 13.5. The van der Waals surface area contributed by atoms with Crippen molar-refractivity contribution >= 4 is 15.7 Å². The van der Waals surface area contributed by atoms with E-state index in [-0.39, 0.29) is 30.6 Å². The molecule has 1 saturated heterocycles. The van der Waals surface area contributed by atoms with Gasteiger partial charge in [0.2, 0.25) is 0 Å². The molecule has 0 aliphatic carbocycles. The van der Waals surface area contributed by atoms with Crippen LogP contribution >= 0.6 is 0 Å². The van der Waals surface area contributed by atoms with Crippen LogP contribution in [0.2, 0.25) is 0 Å². The van der Waals surface area contributed by atoms with Crippen molar-refractivity contribution in [1.82, 2.24) is 4.90 Å². The summed E-state index contributed by atoms with van der Waals surface area (Å²) in [5.74, 6) is -0.128. The van der Waals surface area contributed by atoms with Crippen LogP contribution in [0.4, 0.5) is 4.39 Å². The largest absolute Gasteiger partial charge is 0.484 e. The molecule has 3 rings (SSSR count). The molecule has 1 aliphatic heterocycles. The molecule has 0 radical (unpaired) electrons. The van der Waals surface area contributed by atoms with Gasteiger partial charge >= 0.3 is 0 Å². The predicted molar refractivity (Wildman–Crippen MR) is 105 cm³/mol. The van der Waals surface area contributed by atoms with Crippen molar-refractivity contribution in [2.24, 2.45) is 0 Å². The normalized spacial score (nSPS) is 18.0. The molecule has 5 nitrogen and oxygen atoms in total. The van der Waals surface area contributed by atoms with Gasteiger partial charge in [-0.15, -0.1) is 0 Å². The van der Waals surface area contributed by atoms with Crippen LogP contribution in [0, 0.1) is 19.7 Å². The van der Waals surface area contributed by atoms with Crippen molar-refractivity contribution in [3.05, 3.63) is 65.0 Å². The zero-order chi connectivity index (χ0) is 20.3. The number of carbonyl (C=O) groups excluding carboxylic acids is 1. The van der Waals surface area contributed by atoms with Crippen LogP contribution in [0.15, 0.2) is 42.5 Å². The van der Waals surface area contributed by atoms with Gasteiger partial charge in [-0.25, -0.2) is 12.8 Å². The quantitative estimate of drug-likeness (QED) is 0.741. The monoisotopic (exact) mass is 405 g/mol. The number of aryl methyl sites for hydroxylation is 2. The lowest BCUT2D eigenvalue weighted by molar-refractivity contribution is -0.136. The Bertz CT molecular complexity index is 954. The van der Waals surface area contributed by atoms with Crippen molar-refractivity contribution in [2.75, 3.05) is 18.1 Å². The molecule has 0 bridgehead atoms. The highest BCUT2D eigenvalue weighted by atomic mass is 32.2. The Kier molecular flexibility index (Phi) is 6.03. The molecule has 1 aliphatic rings. The second-order valence-corrected chi connectivity index (χ2v) is 9.55. The Morgan fingerprint density at radius 2 is 1.89 bits per heavy atom. The number of carbonyl (C=O) groups is 1. The number of rotatable bonds is 6. The molecule has 150 valence electrons. The number of hydrogen-bond acceptors (Lipinski definition) is 4. The van der Waals surface area contributed by atoms with Crippen molar-refractivity contribution in [3.63, 3.8) is 0 Å². The molecule has 7 heteroatoms. The van der Waals surface area contributed by atoms with Crippen LogP contribution in [0.5, 0.6) is 5.75 Å².